The Morgan fingerprint density at radius 1 is 1.05 bits per heavy atom. The van der Waals surface area contributed by atoms with Crippen LogP contribution in [0.15, 0.2) is 48.5 Å². The lowest BCUT2D eigenvalue weighted by Crippen LogP contribution is -2.63. The number of rotatable bonds is 7. The summed E-state index contributed by atoms with van der Waals surface area (Å²) in [4.78, 5) is 12.6. The van der Waals surface area contributed by atoms with Gasteiger partial charge in [0.25, 0.3) is 5.91 Å². The van der Waals surface area contributed by atoms with Crippen LogP contribution < -0.4 is 10.6 Å². The molecule has 1 aliphatic heterocycles. The second kappa shape index (κ2) is 9.92. The maximum Gasteiger partial charge on any atom is 0.416 e. The van der Waals surface area contributed by atoms with E-state index in [0.29, 0.717) is 12.1 Å². The Hall–Kier alpha value is -2.63. The number of ether oxygens (including phenoxy) is 1. The number of alkyl halides is 6. The van der Waals surface area contributed by atoms with Gasteiger partial charge in [-0.05, 0) is 61.9 Å². The Labute approximate surface area is 210 Å². The van der Waals surface area contributed by atoms with Crippen molar-refractivity contribution in [3.63, 3.8) is 0 Å². The minimum absolute atomic E-state index is 0.0653. The number of hydrogen-bond donors (Lipinski definition) is 3. The van der Waals surface area contributed by atoms with E-state index in [4.69, 9.17) is 4.74 Å². The summed E-state index contributed by atoms with van der Waals surface area (Å²) in [5.74, 6) is -0.470. The van der Waals surface area contributed by atoms with Crippen LogP contribution in [0.5, 0.6) is 0 Å². The van der Waals surface area contributed by atoms with Crippen molar-refractivity contribution >= 4 is 5.91 Å². The first-order chi connectivity index (χ1) is 17.2. The van der Waals surface area contributed by atoms with Gasteiger partial charge in [0.1, 0.15) is 0 Å². The van der Waals surface area contributed by atoms with Gasteiger partial charge in [-0.2, -0.15) is 26.3 Å². The molecule has 4 rings (SSSR count). The Kier molecular flexibility index (Phi) is 7.35. The number of carbonyl (C=O) groups is 1. The van der Waals surface area contributed by atoms with Crippen LogP contribution in [0.25, 0.3) is 0 Å². The van der Waals surface area contributed by atoms with Gasteiger partial charge in [-0.1, -0.05) is 30.3 Å². The van der Waals surface area contributed by atoms with Gasteiger partial charge in [-0.3, -0.25) is 4.79 Å². The third kappa shape index (κ3) is 6.27. The molecule has 1 aliphatic carbocycles. The molecule has 0 radical (unpaired) electrons. The first-order valence-electron chi connectivity index (χ1n) is 12.0. The lowest BCUT2D eigenvalue weighted by atomic mass is 9.77. The standard InChI is InChI=1S/C26H28F6N2O3/c1-16(17-11-19(25(27,28)29)13-20(12-17)26(30,31)32)37-15-23(18-5-3-2-4-6-18)9-10-24(36,14-33-23)22(35)34-21-7-8-21/h2-6,11-13,16,21,33,36H,7-10,14-15H2,1H3,(H,34,35). The summed E-state index contributed by atoms with van der Waals surface area (Å²) in [5.41, 5.74) is -4.89. The van der Waals surface area contributed by atoms with Crippen molar-refractivity contribution in [2.24, 2.45) is 0 Å². The van der Waals surface area contributed by atoms with Crippen molar-refractivity contribution in [3.05, 3.63) is 70.8 Å². The summed E-state index contributed by atoms with van der Waals surface area (Å²) < 4.78 is 85.7. The number of aliphatic hydroxyl groups is 1. The second-order valence-corrected chi connectivity index (χ2v) is 9.87. The maximum absolute atomic E-state index is 13.3. The van der Waals surface area contributed by atoms with Crippen LogP contribution in [-0.4, -0.2) is 35.8 Å². The van der Waals surface area contributed by atoms with Gasteiger partial charge in [-0.25, -0.2) is 0 Å². The summed E-state index contributed by atoms with van der Waals surface area (Å²) in [6.07, 6.45) is -8.97. The predicted molar refractivity (Wildman–Crippen MR) is 122 cm³/mol. The Morgan fingerprint density at radius 2 is 1.65 bits per heavy atom. The minimum atomic E-state index is -4.96. The van der Waals surface area contributed by atoms with Crippen LogP contribution in [0.1, 0.15) is 61.0 Å². The molecule has 11 heteroatoms. The normalized spacial score (nSPS) is 25.5. The van der Waals surface area contributed by atoms with Crippen molar-refractivity contribution in [2.75, 3.05) is 13.2 Å². The molecule has 3 unspecified atom stereocenters. The first kappa shape index (κ1) is 27.4. The number of carbonyl (C=O) groups excluding carboxylic acids is 1. The van der Waals surface area contributed by atoms with Crippen LogP contribution >= 0.6 is 0 Å². The zero-order valence-corrected chi connectivity index (χ0v) is 20.0. The van der Waals surface area contributed by atoms with Crippen molar-refractivity contribution < 1.29 is 41.0 Å². The van der Waals surface area contributed by atoms with Crippen molar-refractivity contribution in [1.82, 2.24) is 10.6 Å². The Balaban J connectivity index is 1.55. The van der Waals surface area contributed by atoms with E-state index in [2.05, 4.69) is 10.6 Å². The molecule has 2 aromatic carbocycles. The average Bonchev–Trinajstić information content (AvgIpc) is 3.67. The summed E-state index contributed by atoms with van der Waals surface area (Å²) in [6, 6.07) is 10.4. The second-order valence-electron chi connectivity index (χ2n) is 9.87. The molecule has 0 spiro atoms. The van der Waals surface area contributed by atoms with E-state index in [-0.39, 0.29) is 43.7 Å². The van der Waals surface area contributed by atoms with Crippen molar-refractivity contribution in [1.29, 1.82) is 0 Å². The molecule has 2 aromatic rings. The Morgan fingerprint density at radius 3 is 2.14 bits per heavy atom. The fraction of sp³-hybridized carbons (Fsp3) is 0.500. The van der Waals surface area contributed by atoms with Crippen LogP contribution in [0, 0.1) is 0 Å². The molecule has 3 N–H and O–H groups in total. The largest absolute Gasteiger partial charge is 0.416 e. The molecule has 3 atom stereocenters. The van der Waals surface area contributed by atoms with E-state index >= 15 is 0 Å². The van der Waals surface area contributed by atoms with E-state index in [1.165, 1.54) is 6.92 Å². The molecular formula is C26H28F6N2O3. The zero-order chi connectivity index (χ0) is 27.1. The number of piperidine rings is 1. The molecule has 1 amide bonds. The fourth-order valence-electron chi connectivity index (χ4n) is 4.44. The molecule has 2 aliphatic rings. The van der Waals surface area contributed by atoms with Crippen molar-refractivity contribution in [3.8, 4) is 0 Å². The van der Waals surface area contributed by atoms with E-state index in [1.54, 1.807) is 18.2 Å². The smallest absolute Gasteiger partial charge is 0.379 e. The lowest BCUT2D eigenvalue weighted by Gasteiger charge is -2.45. The van der Waals surface area contributed by atoms with Crippen LogP contribution in [0.3, 0.4) is 0 Å². The topological polar surface area (TPSA) is 70.6 Å². The molecule has 37 heavy (non-hydrogen) atoms. The predicted octanol–water partition coefficient (Wildman–Crippen LogP) is 5.09. The molecule has 1 saturated carbocycles. The highest BCUT2D eigenvalue weighted by Crippen LogP contribution is 2.40. The molecule has 2 fully saturated rings. The highest BCUT2D eigenvalue weighted by atomic mass is 19.4. The number of hydrogen-bond acceptors (Lipinski definition) is 4. The third-order valence-corrected chi connectivity index (χ3v) is 7.01. The monoisotopic (exact) mass is 530 g/mol. The van der Waals surface area contributed by atoms with E-state index in [0.717, 1.165) is 18.4 Å². The number of benzene rings is 2. The number of nitrogens with one attached hydrogen (secondary N) is 2. The summed E-state index contributed by atoms with van der Waals surface area (Å²) in [6.45, 7) is 1.17. The van der Waals surface area contributed by atoms with Gasteiger partial charge in [0.15, 0.2) is 5.60 Å². The van der Waals surface area contributed by atoms with Gasteiger partial charge >= 0.3 is 12.4 Å². The van der Waals surface area contributed by atoms with Crippen LogP contribution in [-0.2, 0) is 27.4 Å². The Bertz CT molecular complexity index is 1080. The van der Waals surface area contributed by atoms with Crippen LogP contribution in [0.4, 0.5) is 26.3 Å². The molecule has 202 valence electrons. The van der Waals surface area contributed by atoms with Gasteiger partial charge in [0, 0.05) is 12.6 Å². The fourth-order valence-corrected chi connectivity index (χ4v) is 4.44. The van der Waals surface area contributed by atoms with E-state index < -0.39 is 46.6 Å². The summed E-state index contributed by atoms with van der Waals surface area (Å²) in [7, 11) is 0. The minimum Gasteiger partial charge on any atom is -0.379 e. The number of amides is 1. The van der Waals surface area contributed by atoms with E-state index in [9.17, 15) is 36.2 Å². The first-order valence-corrected chi connectivity index (χ1v) is 12.0. The lowest BCUT2D eigenvalue weighted by molar-refractivity contribution is -0.145. The van der Waals surface area contributed by atoms with Gasteiger partial charge in [0.05, 0.1) is 29.4 Å². The molecule has 1 heterocycles. The molecule has 5 nitrogen and oxygen atoms in total. The highest BCUT2D eigenvalue weighted by molar-refractivity contribution is 5.86. The summed E-state index contributed by atoms with van der Waals surface area (Å²) >= 11 is 0. The molecule has 0 bridgehead atoms. The number of β-amino-alcohol motifs (C(OH)–C–C–N with tert-alkyl or cyclic N) is 1. The highest BCUT2D eigenvalue weighted by Gasteiger charge is 2.48. The third-order valence-electron chi connectivity index (χ3n) is 7.01. The van der Waals surface area contributed by atoms with Gasteiger partial charge in [0.2, 0.25) is 0 Å². The van der Waals surface area contributed by atoms with Crippen LogP contribution in [0.2, 0.25) is 0 Å². The van der Waals surface area contributed by atoms with Crippen molar-refractivity contribution in [2.45, 2.75) is 68.2 Å². The van der Waals surface area contributed by atoms with E-state index in [1.807, 2.05) is 12.1 Å². The van der Waals surface area contributed by atoms with Gasteiger partial charge < -0.3 is 20.5 Å². The molecule has 1 saturated heterocycles. The maximum atomic E-state index is 13.3. The molecule has 0 aromatic heterocycles. The average molecular weight is 531 g/mol. The van der Waals surface area contributed by atoms with Gasteiger partial charge in [-0.15, -0.1) is 0 Å². The zero-order valence-electron chi connectivity index (χ0n) is 20.0. The molecular weight excluding hydrogens is 502 g/mol. The quantitative estimate of drug-likeness (QED) is 0.437. The number of halogens is 6. The SMILES string of the molecule is CC(OCC1(c2ccccc2)CCC(O)(C(=O)NC2CC2)CN1)c1cc(C(F)(F)F)cc(C(F)(F)F)c1. The summed E-state index contributed by atoms with van der Waals surface area (Å²) in [5, 5.41) is 16.9.